The Morgan fingerprint density at radius 3 is 2.36 bits per heavy atom. The maximum atomic E-state index is 11.7. The molecule has 1 aliphatic rings. The summed E-state index contributed by atoms with van der Waals surface area (Å²) in [5, 5.41) is 2.54. The van der Waals surface area contributed by atoms with Crippen LogP contribution < -0.4 is 11.1 Å². The van der Waals surface area contributed by atoms with Crippen molar-refractivity contribution in [3.05, 3.63) is 18.0 Å². The highest BCUT2D eigenvalue weighted by molar-refractivity contribution is 5.82. The minimum Gasteiger partial charge on any atom is -0.444 e. The number of nitrogens with zero attached hydrogens (tertiary/aromatic N) is 2. The summed E-state index contributed by atoms with van der Waals surface area (Å²) < 4.78 is 5.18. The second kappa shape index (κ2) is 6.60. The van der Waals surface area contributed by atoms with E-state index in [2.05, 4.69) is 15.3 Å². The van der Waals surface area contributed by atoms with Crippen LogP contribution in [0.2, 0.25) is 0 Å². The SMILES string of the molecule is CC(C)(C)OC(=O)Nc1ncc(C2(CN)CCCCC2)cn1. The summed E-state index contributed by atoms with van der Waals surface area (Å²) in [4.78, 5) is 20.2. The molecule has 0 aliphatic heterocycles. The molecule has 0 unspecified atom stereocenters. The summed E-state index contributed by atoms with van der Waals surface area (Å²) in [6.45, 7) is 6.04. The van der Waals surface area contributed by atoms with Crippen LogP contribution in [0.4, 0.5) is 10.7 Å². The Hall–Kier alpha value is -1.69. The number of aromatic nitrogens is 2. The highest BCUT2D eigenvalue weighted by Crippen LogP contribution is 2.38. The molecule has 1 heterocycles. The van der Waals surface area contributed by atoms with Crippen LogP contribution in [0.1, 0.15) is 58.4 Å². The fourth-order valence-electron chi connectivity index (χ4n) is 2.90. The largest absolute Gasteiger partial charge is 0.444 e. The summed E-state index contributed by atoms with van der Waals surface area (Å²) in [5.74, 6) is 0.251. The third kappa shape index (κ3) is 4.16. The van der Waals surface area contributed by atoms with E-state index >= 15 is 0 Å². The Morgan fingerprint density at radius 1 is 1.27 bits per heavy atom. The highest BCUT2D eigenvalue weighted by atomic mass is 16.6. The molecule has 22 heavy (non-hydrogen) atoms. The molecule has 0 bridgehead atoms. The van der Waals surface area contributed by atoms with Crippen LogP contribution >= 0.6 is 0 Å². The molecule has 2 rings (SSSR count). The number of carbonyl (C=O) groups excluding carboxylic acids is 1. The van der Waals surface area contributed by atoms with Gasteiger partial charge in [0.15, 0.2) is 0 Å². The first-order valence-corrected chi connectivity index (χ1v) is 7.87. The predicted molar refractivity (Wildman–Crippen MR) is 85.7 cm³/mol. The smallest absolute Gasteiger partial charge is 0.414 e. The molecule has 1 aliphatic carbocycles. The first kappa shape index (κ1) is 16.7. The van der Waals surface area contributed by atoms with Gasteiger partial charge in [-0.25, -0.2) is 14.8 Å². The zero-order chi connectivity index (χ0) is 16.2. The number of nitrogens with one attached hydrogen (secondary N) is 1. The van der Waals surface area contributed by atoms with Gasteiger partial charge in [0, 0.05) is 24.4 Å². The number of carbonyl (C=O) groups is 1. The molecule has 0 spiro atoms. The molecule has 1 amide bonds. The van der Waals surface area contributed by atoms with Crippen LogP contribution in [0.15, 0.2) is 12.4 Å². The lowest BCUT2D eigenvalue weighted by molar-refractivity contribution is 0.0634. The van der Waals surface area contributed by atoms with E-state index < -0.39 is 11.7 Å². The summed E-state index contributed by atoms with van der Waals surface area (Å²) in [7, 11) is 0. The van der Waals surface area contributed by atoms with Gasteiger partial charge < -0.3 is 10.5 Å². The first-order valence-electron chi connectivity index (χ1n) is 7.87. The van der Waals surface area contributed by atoms with Crippen molar-refractivity contribution in [3.63, 3.8) is 0 Å². The molecule has 0 aromatic carbocycles. The van der Waals surface area contributed by atoms with Crippen molar-refractivity contribution in [1.82, 2.24) is 9.97 Å². The standard InChI is InChI=1S/C16H26N4O2/c1-15(2,3)22-14(21)20-13-18-9-12(10-19-13)16(11-17)7-5-4-6-8-16/h9-10H,4-8,11,17H2,1-3H3,(H,18,19,20,21). The molecule has 122 valence electrons. The van der Waals surface area contributed by atoms with Gasteiger partial charge in [-0.3, -0.25) is 5.32 Å². The minimum atomic E-state index is -0.550. The zero-order valence-electron chi connectivity index (χ0n) is 13.7. The van der Waals surface area contributed by atoms with Gasteiger partial charge in [0.1, 0.15) is 5.60 Å². The fraction of sp³-hybridized carbons (Fsp3) is 0.688. The highest BCUT2D eigenvalue weighted by Gasteiger charge is 2.33. The minimum absolute atomic E-state index is 0.0112. The lowest BCUT2D eigenvalue weighted by Crippen LogP contribution is -2.37. The monoisotopic (exact) mass is 306 g/mol. The second-order valence-electron chi connectivity index (χ2n) is 6.97. The topological polar surface area (TPSA) is 90.1 Å². The van der Waals surface area contributed by atoms with Gasteiger partial charge in [-0.15, -0.1) is 0 Å². The fourth-order valence-corrected chi connectivity index (χ4v) is 2.90. The Bertz CT molecular complexity index is 502. The quantitative estimate of drug-likeness (QED) is 0.896. The molecule has 1 aromatic heterocycles. The van der Waals surface area contributed by atoms with E-state index in [9.17, 15) is 4.79 Å². The summed E-state index contributed by atoms with van der Waals surface area (Å²) >= 11 is 0. The summed E-state index contributed by atoms with van der Waals surface area (Å²) in [6.07, 6.45) is 8.80. The number of amides is 1. The summed E-state index contributed by atoms with van der Waals surface area (Å²) in [5.41, 5.74) is 6.52. The maximum Gasteiger partial charge on any atom is 0.414 e. The molecule has 3 N–H and O–H groups in total. The molecular weight excluding hydrogens is 280 g/mol. The third-order valence-electron chi connectivity index (χ3n) is 4.08. The molecule has 0 atom stereocenters. The second-order valence-corrected chi connectivity index (χ2v) is 6.97. The van der Waals surface area contributed by atoms with Crippen molar-refractivity contribution >= 4 is 12.0 Å². The normalized spacial score (nSPS) is 17.8. The number of nitrogens with two attached hydrogens (primary N) is 1. The van der Waals surface area contributed by atoms with Gasteiger partial charge in [-0.2, -0.15) is 0 Å². The van der Waals surface area contributed by atoms with Crippen LogP contribution in [0, 0.1) is 0 Å². The van der Waals surface area contributed by atoms with Crippen LogP contribution in [0.5, 0.6) is 0 Å². The van der Waals surface area contributed by atoms with E-state index in [1.807, 2.05) is 20.8 Å². The van der Waals surface area contributed by atoms with Crippen LogP contribution in [-0.2, 0) is 10.2 Å². The van der Waals surface area contributed by atoms with Gasteiger partial charge in [0.05, 0.1) is 0 Å². The van der Waals surface area contributed by atoms with Crippen molar-refractivity contribution in [1.29, 1.82) is 0 Å². The van der Waals surface area contributed by atoms with Crippen molar-refractivity contribution in [2.75, 3.05) is 11.9 Å². The maximum absolute atomic E-state index is 11.7. The Morgan fingerprint density at radius 2 is 1.86 bits per heavy atom. The van der Waals surface area contributed by atoms with E-state index in [1.165, 1.54) is 19.3 Å². The molecule has 6 heteroatoms. The van der Waals surface area contributed by atoms with Gasteiger partial charge >= 0.3 is 6.09 Å². The Balaban J connectivity index is 2.05. The lowest BCUT2D eigenvalue weighted by Gasteiger charge is -2.36. The molecule has 6 nitrogen and oxygen atoms in total. The Labute approximate surface area is 131 Å². The Kier molecular flexibility index (Phi) is 5.01. The van der Waals surface area contributed by atoms with Crippen molar-refractivity contribution in [2.45, 2.75) is 63.9 Å². The number of hydrogen-bond acceptors (Lipinski definition) is 5. The molecule has 1 saturated carbocycles. The molecule has 0 radical (unpaired) electrons. The van der Waals surface area contributed by atoms with E-state index in [1.54, 1.807) is 12.4 Å². The van der Waals surface area contributed by atoms with E-state index in [0.29, 0.717) is 6.54 Å². The predicted octanol–water partition coefficient (Wildman–Crippen LogP) is 2.98. The number of hydrogen-bond donors (Lipinski definition) is 2. The molecule has 0 saturated heterocycles. The average molecular weight is 306 g/mol. The van der Waals surface area contributed by atoms with Crippen LogP contribution in [0.25, 0.3) is 0 Å². The van der Waals surface area contributed by atoms with Crippen molar-refractivity contribution < 1.29 is 9.53 Å². The molecular formula is C16H26N4O2. The number of ether oxygens (including phenoxy) is 1. The van der Waals surface area contributed by atoms with E-state index in [-0.39, 0.29) is 11.4 Å². The van der Waals surface area contributed by atoms with Crippen molar-refractivity contribution in [2.24, 2.45) is 5.73 Å². The van der Waals surface area contributed by atoms with E-state index in [4.69, 9.17) is 10.5 Å². The van der Waals surface area contributed by atoms with E-state index in [0.717, 1.165) is 18.4 Å². The van der Waals surface area contributed by atoms with Crippen LogP contribution in [-0.4, -0.2) is 28.2 Å². The number of rotatable bonds is 3. The third-order valence-corrected chi connectivity index (χ3v) is 4.08. The molecule has 1 aromatic rings. The lowest BCUT2D eigenvalue weighted by atomic mass is 9.70. The van der Waals surface area contributed by atoms with Gasteiger partial charge in [-0.1, -0.05) is 19.3 Å². The number of anilines is 1. The van der Waals surface area contributed by atoms with Gasteiger partial charge in [-0.05, 0) is 39.2 Å². The molecule has 1 fully saturated rings. The zero-order valence-corrected chi connectivity index (χ0v) is 13.7. The first-order chi connectivity index (χ1) is 10.3. The van der Waals surface area contributed by atoms with Crippen molar-refractivity contribution in [3.8, 4) is 0 Å². The van der Waals surface area contributed by atoms with Crippen LogP contribution in [0.3, 0.4) is 0 Å². The van der Waals surface area contributed by atoms with Gasteiger partial charge in [0.2, 0.25) is 5.95 Å². The average Bonchev–Trinajstić information content (AvgIpc) is 2.46. The summed E-state index contributed by atoms with van der Waals surface area (Å²) in [6, 6.07) is 0. The van der Waals surface area contributed by atoms with Gasteiger partial charge in [0.25, 0.3) is 0 Å².